The minimum Gasteiger partial charge on any atom is -0.390 e. The van der Waals surface area contributed by atoms with Gasteiger partial charge in [0.25, 0.3) is 0 Å². The van der Waals surface area contributed by atoms with E-state index in [0.717, 1.165) is 37.7 Å². The van der Waals surface area contributed by atoms with Crippen LogP contribution in [0.3, 0.4) is 0 Å². The normalized spacial score (nSPS) is 19.6. The third-order valence-corrected chi connectivity index (χ3v) is 3.58. The number of rotatable bonds is 3. The number of aliphatic hydroxyl groups is 1. The molecule has 1 saturated carbocycles. The van der Waals surface area contributed by atoms with Gasteiger partial charge in [-0.05, 0) is 24.0 Å². The van der Waals surface area contributed by atoms with Crippen LogP contribution in [0.15, 0.2) is 24.3 Å². The molecule has 88 valence electrons. The molecule has 3 N–H and O–H groups in total. The van der Waals surface area contributed by atoms with E-state index in [9.17, 15) is 5.11 Å². The Morgan fingerprint density at radius 1 is 1.00 bits per heavy atom. The van der Waals surface area contributed by atoms with Crippen molar-refractivity contribution in [3.63, 3.8) is 0 Å². The standard InChI is InChI=1S/C14H21NO/c15-11-13-6-4-12(5-7-13)10-14(16)8-2-1-3-9-14/h4-7,16H,1-3,8-11,15H2. The largest absolute Gasteiger partial charge is 0.390 e. The van der Waals surface area contributed by atoms with E-state index in [2.05, 4.69) is 24.3 Å². The molecule has 0 aromatic heterocycles. The van der Waals surface area contributed by atoms with Crippen LogP contribution in [0.1, 0.15) is 43.2 Å². The maximum absolute atomic E-state index is 10.4. The molecule has 2 nitrogen and oxygen atoms in total. The second-order valence-corrected chi connectivity index (χ2v) is 4.98. The van der Waals surface area contributed by atoms with Gasteiger partial charge in [-0.2, -0.15) is 0 Å². The van der Waals surface area contributed by atoms with Crippen molar-refractivity contribution in [2.24, 2.45) is 5.73 Å². The van der Waals surface area contributed by atoms with E-state index in [1.165, 1.54) is 12.0 Å². The highest BCUT2D eigenvalue weighted by atomic mass is 16.3. The lowest BCUT2D eigenvalue weighted by atomic mass is 9.80. The smallest absolute Gasteiger partial charge is 0.0688 e. The van der Waals surface area contributed by atoms with Gasteiger partial charge in [-0.1, -0.05) is 43.5 Å². The summed E-state index contributed by atoms with van der Waals surface area (Å²) in [4.78, 5) is 0. The van der Waals surface area contributed by atoms with E-state index < -0.39 is 5.60 Å². The summed E-state index contributed by atoms with van der Waals surface area (Å²) in [6.07, 6.45) is 6.29. The Kier molecular flexibility index (Phi) is 3.62. The van der Waals surface area contributed by atoms with Crippen molar-refractivity contribution < 1.29 is 5.11 Å². The van der Waals surface area contributed by atoms with Crippen molar-refractivity contribution in [1.29, 1.82) is 0 Å². The van der Waals surface area contributed by atoms with Gasteiger partial charge in [0.1, 0.15) is 0 Å². The molecular formula is C14H21NO. The van der Waals surface area contributed by atoms with Gasteiger partial charge in [0.15, 0.2) is 0 Å². The predicted octanol–water partition coefficient (Wildman–Crippen LogP) is 2.38. The van der Waals surface area contributed by atoms with Crippen molar-refractivity contribution in [2.45, 2.75) is 50.7 Å². The average molecular weight is 219 g/mol. The number of benzene rings is 1. The first-order valence-electron chi connectivity index (χ1n) is 6.22. The summed E-state index contributed by atoms with van der Waals surface area (Å²) in [5.74, 6) is 0. The highest BCUT2D eigenvalue weighted by Gasteiger charge is 2.28. The Hall–Kier alpha value is -0.860. The van der Waals surface area contributed by atoms with E-state index in [0.29, 0.717) is 6.54 Å². The highest BCUT2D eigenvalue weighted by molar-refractivity contribution is 5.23. The van der Waals surface area contributed by atoms with Gasteiger partial charge >= 0.3 is 0 Å². The minimum atomic E-state index is -0.456. The van der Waals surface area contributed by atoms with Crippen LogP contribution in [0.25, 0.3) is 0 Å². The Morgan fingerprint density at radius 2 is 1.56 bits per heavy atom. The lowest BCUT2D eigenvalue weighted by molar-refractivity contribution is 0.00449. The topological polar surface area (TPSA) is 46.2 Å². The zero-order chi connectivity index (χ0) is 11.4. The lowest BCUT2D eigenvalue weighted by Crippen LogP contribution is -2.33. The molecule has 0 atom stereocenters. The quantitative estimate of drug-likeness (QED) is 0.820. The van der Waals surface area contributed by atoms with E-state index in [4.69, 9.17) is 5.73 Å². The molecule has 1 fully saturated rings. The molecule has 16 heavy (non-hydrogen) atoms. The zero-order valence-corrected chi connectivity index (χ0v) is 9.78. The van der Waals surface area contributed by atoms with Gasteiger partial charge in [0.05, 0.1) is 5.60 Å². The van der Waals surface area contributed by atoms with Gasteiger partial charge < -0.3 is 10.8 Å². The lowest BCUT2D eigenvalue weighted by Gasteiger charge is -2.32. The van der Waals surface area contributed by atoms with Crippen molar-refractivity contribution in [1.82, 2.24) is 0 Å². The summed E-state index contributed by atoms with van der Waals surface area (Å²) in [6, 6.07) is 8.30. The van der Waals surface area contributed by atoms with Crippen molar-refractivity contribution in [2.75, 3.05) is 0 Å². The molecule has 2 rings (SSSR count). The van der Waals surface area contributed by atoms with Crippen LogP contribution >= 0.6 is 0 Å². The third kappa shape index (κ3) is 2.83. The number of hydrogen-bond acceptors (Lipinski definition) is 2. The van der Waals surface area contributed by atoms with Crippen LogP contribution in [0.4, 0.5) is 0 Å². The molecule has 1 aromatic carbocycles. The van der Waals surface area contributed by atoms with Crippen molar-refractivity contribution >= 4 is 0 Å². The predicted molar refractivity (Wildman–Crippen MR) is 66.1 cm³/mol. The summed E-state index contributed by atoms with van der Waals surface area (Å²) in [7, 11) is 0. The molecule has 1 aliphatic rings. The van der Waals surface area contributed by atoms with E-state index in [1.54, 1.807) is 0 Å². The van der Waals surface area contributed by atoms with Crippen molar-refractivity contribution in [3.05, 3.63) is 35.4 Å². The van der Waals surface area contributed by atoms with Crippen LogP contribution in [-0.4, -0.2) is 10.7 Å². The summed E-state index contributed by atoms with van der Waals surface area (Å²) in [5.41, 5.74) is 7.48. The minimum absolute atomic E-state index is 0.456. The van der Waals surface area contributed by atoms with E-state index in [-0.39, 0.29) is 0 Å². The summed E-state index contributed by atoms with van der Waals surface area (Å²) in [6.45, 7) is 0.588. The van der Waals surface area contributed by atoms with Crippen LogP contribution in [0.2, 0.25) is 0 Å². The SMILES string of the molecule is NCc1ccc(CC2(O)CCCCC2)cc1. The second kappa shape index (κ2) is 4.98. The fraction of sp³-hybridized carbons (Fsp3) is 0.571. The Bertz CT molecular complexity index is 325. The molecule has 0 aliphatic heterocycles. The Morgan fingerprint density at radius 3 is 2.12 bits per heavy atom. The van der Waals surface area contributed by atoms with Gasteiger partial charge in [-0.25, -0.2) is 0 Å². The summed E-state index contributed by atoms with van der Waals surface area (Å²) >= 11 is 0. The fourth-order valence-electron chi connectivity index (χ4n) is 2.56. The molecule has 1 aliphatic carbocycles. The monoisotopic (exact) mass is 219 g/mol. The van der Waals surface area contributed by atoms with Gasteiger partial charge in [-0.3, -0.25) is 0 Å². The van der Waals surface area contributed by atoms with Gasteiger partial charge in [0, 0.05) is 13.0 Å². The molecule has 1 aromatic rings. The molecule has 0 unspecified atom stereocenters. The molecular weight excluding hydrogens is 198 g/mol. The molecule has 0 heterocycles. The molecule has 0 radical (unpaired) electrons. The van der Waals surface area contributed by atoms with Crippen LogP contribution in [0, 0.1) is 0 Å². The van der Waals surface area contributed by atoms with Gasteiger partial charge in [0.2, 0.25) is 0 Å². The average Bonchev–Trinajstić information content (AvgIpc) is 2.30. The summed E-state index contributed by atoms with van der Waals surface area (Å²) in [5, 5.41) is 10.4. The summed E-state index contributed by atoms with van der Waals surface area (Å²) < 4.78 is 0. The molecule has 0 bridgehead atoms. The van der Waals surface area contributed by atoms with E-state index in [1.807, 2.05) is 0 Å². The molecule has 0 saturated heterocycles. The maximum atomic E-state index is 10.4. The zero-order valence-electron chi connectivity index (χ0n) is 9.78. The van der Waals surface area contributed by atoms with Crippen LogP contribution in [-0.2, 0) is 13.0 Å². The first-order chi connectivity index (χ1) is 7.72. The van der Waals surface area contributed by atoms with E-state index >= 15 is 0 Å². The first kappa shape index (κ1) is 11.6. The first-order valence-corrected chi connectivity index (χ1v) is 6.22. The molecule has 2 heteroatoms. The Balaban J connectivity index is 2.01. The Labute approximate surface area is 97.5 Å². The van der Waals surface area contributed by atoms with Gasteiger partial charge in [-0.15, -0.1) is 0 Å². The van der Waals surface area contributed by atoms with Crippen LogP contribution in [0.5, 0.6) is 0 Å². The number of hydrogen-bond donors (Lipinski definition) is 2. The second-order valence-electron chi connectivity index (χ2n) is 4.98. The maximum Gasteiger partial charge on any atom is 0.0688 e. The third-order valence-electron chi connectivity index (χ3n) is 3.58. The molecule has 0 spiro atoms. The van der Waals surface area contributed by atoms with Crippen LogP contribution < -0.4 is 5.73 Å². The number of nitrogens with two attached hydrogens (primary N) is 1. The fourth-order valence-corrected chi connectivity index (χ4v) is 2.56. The highest BCUT2D eigenvalue weighted by Crippen LogP contribution is 2.31. The molecule has 0 amide bonds. The van der Waals surface area contributed by atoms with Crippen molar-refractivity contribution in [3.8, 4) is 0 Å².